The van der Waals surface area contributed by atoms with Crippen molar-refractivity contribution in [2.45, 2.75) is 97.2 Å². The van der Waals surface area contributed by atoms with Crippen LogP contribution in [0.1, 0.15) is 90.9 Å². The van der Waals surface area contributed by atoms with E-state index in [0.717, 1.165) is 56.7 Å². The van der Waals surface area contributed by atoms with Crippen LogP contribution in [-0.4, -0.2) is 19.5 Å². The van der Waals surface area contributed by atoms with Crippen molar-refractivity contribution in [1.29, 1.82) is 0 Å². The van der Waals surface area contributed by atoms with Gasteiger partial charge in [0.15, 0.2) is 6.29 Å². The Hall–Kier alpha value is -0.670. The third-order valence-electron chi connectivity index (χ3n) is 8.97. The zero-order chi connectivity index (χ0) is 21.6. The van der Waals surface area contributed by atoms with Crippen LogP contribution in [0.25, 0.3) is 0 Å². The lowest BCUT2D eigenvalue weighted by Gasteiger charge is -2.41. The van der Waals surface area contributed by atoms with Crippen molar-refractivity contribution in [2.75, 3.05) is 13.2 Å². The summed E-state index contributed by atoms with van der Waals surface area (Å²) in [6.07, 6.45) is 21.0. The Morgan fingerprint density at radius 3 is 2.10 bits per heavy atom. The number of ether oxygens (including phenoxy) is 2. The molecule has 31 heavy (non-hydrogen) atoms. The van der Waals surface area contributed by atoms with Crippen LogP contribution in [0.3, 0.4) is 0 Å². The molecule has 0 bridgehead atoms. The molecule has 0 aromatic heterocycles. The molecule has 176 valence electrons. The van der Waals surface area contributed by atoms with Crippen molar-refractivity contribution >= 4 is 0 Å². The molecule has 0 amide bonds. The second kappa shape index (κ2) is 11.5. The van der Waals surface area contributed by atoms with Crippen molar-refractivity contribution in [3.63, 3.8) is 0 Å². The molecule has 3 aliphatic carbocycles. The first-order chi connectivity index (χ1) is 15.1. The van der Waals surface area contributed by atoms with Crippen molar-refractivity contribution in [2.24, 2.45) is 41.4 Å². The fraction of sp³-hybridized carbons (Fsp3) is 0.857. The van der Waals surface area contributed by atoms with Gasteiger partial charge in [-0.3, -0.25) is 0 Å². The van der Waals surface area contributed by atoms with Gasteiger partial charge in [0.05, 0.1) is 19.0 Å². The van der Waals surface area contributed by atoms with Gasteiger partial charge in [0.25, 0.3) is 0 Å². The first-order valence-electron chi connectivity index (χ1n) is 13.4. The van der Waals surface area contributed by atoms with Crippen molar-refractivity contribution in [3.8, 4) is 0 Å². The lowest BCUT2D eigenvalue weighted by Crippen LogP contribution is -2.38. The van der Waals surface area contributed by atoms with Crippen LogP contribution in [0.15, 0.2) is 24.1 Å². The lowest BCUT2D eigenvalue weighted by atomic mass is 9.66. The highest BCUT2D eigenvalue weighted by Crippen LogP contribution is 2.47. The Kier molecular flexibility index (Phi) is 8.68. The maximum absolute atomic E-state index is 15.2. The molecule has 4 rings (SSSR count). The molecule has 1 aliphatic heterocycles. The van der Waals surface area contributed by atoms with Crippen LogP contribution < -0.4 is 0 Å². The van der Waals surface area contributed by atoms with Gasteiger partial charge in [-0.2, -0.15) is 0 Å². The van der Waals surface area contributed by atoms with E-state index in [9.17, 15) is 0 Å². The molecule has 1 saturated heterocycles. The van der Waals surface area contributed by atoms with Crippen LogP contribution >= 0.6 is 0 Å². The Morgan fingerprint density at radius 1 is 0.871 bits per heavy atom. The lowest BCUT2D eigenvalue weighted by molar-refractivity contribution is -0.220. The molecule has 2 saturated carbocycles. The van der Waals surface area contributed by atoms with Crippen molar-refractivity contribution in [3.05, 3.63) is 24.1 Å². The van der Waals surface area contributed by atoms with Crippen LogP contribution in [0, 0.1) is 41.4 Å². The molecule has 0 aromatic carbocycles. The molecule has 0 spiro atoms. The van der Waals surface area contributed by atoms with Crippen molar-refractivity contribution < 1.29 is 13.9 Å². The Labute approximate surface area is 190 Å². The van der Waals surface area contributed by atoms with E-state index in [2.05, 4.69) is 26.0 Å². The van der Waals surface area contributed by atoms with E-state index in [0.29, 0.717) is 11.8 Å². The molecule has 2 atom stereocenters. The smallest absolute Gasteiger partial charge is 0.163 e. The van der Waals surface area contributed by atoms with Gasteiger partial charge in [0, 0.05) is 17.8 Å². The second-order valence-electron chi connectivity index (χ2n) is 11.1. The molecular formula is C28H45FO2. The third-order valence-corrected chi connectivity index (χ3v) is 8.97. The monoisotopic (exact) mass is 432 g/mol. The summed E-state index contributed by atoms with van der Waals surface area (Å²) >= 11 is 0. The maximum atomic E-state index is 15.2. The summed E-state index contributed by atoms with van der Waals surface area (Å²) in [7, 11) is 0. The fourth-order valence-corrected chi connectivity index (χ4v) is 6.84. The highest BCUT2D eigenvalue weighted by molar-refractivity contribution is 5.08. The predicted molar refractivity (Wildman–Crippen MR) is 125 cm³/mol. The summed E-state index contributed by atoms with van der Waals surface area (Å²) in [4.78, 5) is 0. The molecule has 2 unspecified atom stereocenters. The van der Waals surface area contributed by atoms with Crippen molar-refractivity contribution in [1.82, 2.24) is 0 Å². The molecule has 3 fully saturated rings. The van der Waals surface area contributed by atoms with Gasteiger partial charge in [-0.15, -0.1) is 0 Å². The van der Waals surface area contributed by atoms with E-state index in [4.69, 9.17) is 9.47 Å². The highest BCUT2D eigenvalue weighted by atomic mass is 19.1. The summed E-state index contributed by atoms with van der Waals surface area (Å²) in [6, 6.07) is 0. The average Bonchev–Trinajstić information content (AvgIpc) is 2.80. The topological polar surface area (TPSA) is 18.5 Å². The second-order valence-corrected chi connectivity index (χ2v) is 11.1. The summed E-state index contributed by atoms with van der Waals surface area (Å²) in [5.74, 6) is 4.21. The minimum atomic E-state index is -0.242. The van der Waals surface area contributed by atoms with Gasteiger partial charge >= 0.3 is 0 Å². The van der Waals surface area contributed by atoms with Crippen LogP contribution in [0.4, 0.5) is 4.39 Å². The molecular weight excluding hydrogens is 387 g/mol. The first-order valence-corrected chi connectivity index (χ1v) is 13.4. The zero-order valence-electron chi connectivity index (χ0n) is 19.9. The number of hydrogen-bond donors (Lipinski definition) is 0. The van der Waals surface area contributed by atoms with Crippen LogP contribution in [-0.2, 0) is 9.47 Å². The Morgan fingerprint density at radius 2 is 1.48 bits per heavy atom. The number of rotatable bonds is 6. The van der Waals surface area contributed by atoms with E-state index < -0.39 is 0 Å². The summed E-state index contributed by atoms with van der Waals surface area (Å²) in [5, 5.41) is 0. The molecule has 0 aromatic rings. The standard InChI is InChI=1S/C28H45FO2/c1-3-4-5-6-21-18-30-28(31-19-21)25-15-16-26(27(29)17-25)24-13-11-23(12-14-24)22-9-7-20(2)8-10-22/h3-4,17,20-26,28H,5-16,18-19H2,1-2H3/b4-3+. The van der Waals surface area contributed by atoms with Gasteiger partial charge in [0.1, 0.15) is 0 Å². The normalized spacial score (nSPS) is 42.5. The number of halogens is 1. The van der Waals surface area contributed by atoms with Gasteiger partial charge < -0.3 is 9.47 Å². The third kappa shape index (κ3) is 6.22. The van der Waals surface area contributed by atoms with E-state index in [1.807, 2.05) is 6.08 Å². The number of allylic oxidation sites excluding steroid dienone is 3. The average molecular weight is 433 g/mol. The largest absolute Gasteiger partial charge is 0.352 e. The summed E-state index contributed by atoms with van der Waals surface area (Å²) in [5.41, 5.74) is 0. The van der Waals surface area contributed by atoms with E-state index in [-0.39, 0.29) is 24.0 Å². The summed E-state index contributed by atoms with van der Waals surface area (Å²) in [6.45, 7) is 5.97. The quantitative estimate of drug-likeness (QED) is 0.398. The molecule has 0 radical (unpaired) electrons. The molecule has 0 N–H and O–H groups in total. The minimum Gasteiger partial charge on any atom is -0.352 e. The fourth-order valence-electron chi connectivity index (χ4n) is 6.84. The molecule has 1 heterocycles. The van der Waals surface area contributed by atoms with E-state index in [1.165, 1.54) is 51.4 Å². The maximum Gasteiger partial charge on any atom is 0.163 e. The Bertz CT molecular complexity index is 590. The molecule has 4 aliphatic rings. The first kappa shape index (κ1) is 23.5. The molecule has 2 nitrogen and oxygen atoms in total. The Balaban J connectivity index is 1.21. The van der Waals surface area contributed by atoms with Gasteiger partial charge in [0.2, 0.25) is 0 Å². The minimum absolute atomic E-state index is 0.0910. The summed E-state index contributed by atoms with van der Waals surface area (Å²) < 4.78 is 27.2. The SMILES string of the molecule is C/C=C/CCC1COC(C2C=C(F)C(C3CCC(C4CCC(C)CC4)CC3)CC2)OC1. The van der Waals surface area contributed by atoms with Crippen LogP contribution in [0.2, 0.25) is 0 Å². The van der Waals surface area contributed by atoms with Gasteiger partial charge in [-0.1, -0.05) is 31.9 Å². The zero-order valence-corrected chi connectivity index (χ0v) is 19.9. The number of hydrogen-bond acceptors (Lipinski definition) is 2. The van der Waals surface area contributed by atoms with E-state index >= 15 is 4.39 Å². The predicted octanol–water partition coefficient (Wildman–Crippen LogP) is 7.84. The van der Waals surface area contributed by atoms with Gasteiger partial charge in [-0.05, 0) is 101 Å². The van der Waals surface area contributed by atoms with Crippen LogP contribution in [0.5, 0.6) is 0 Å². The molecule has 3 heteroatoms. The van der Waals surface area contributed by atoms with E-state index in [1.54, 1.807) is 0 Å². The van der Waals surface area contributed by atoms with Gasteiger partial charge in [-0.25, -0.2) is 4.39 Å². The highest BCUT2D eigenvalue weighted by Gasteiger charge is 2.38.